The monoisotopic (exact) mass is 382 g/mol. The van der Waals surface area contributed by atoms with Gasteiger partial charge in [0.05, 0.1) is 11.6 Å². The molecule has 0 amide bonds. The molecule has 142 valence electrons. The zero-order chi connectivity index (χ0) is 19.8. The molecule has 1 atom stereocenters. The number of benzene rings is 2. The van der Waals surface area contributed by atoms with E-state index in [1.54, 1.807) is 12.4 Å². The van der Waals surface area contributed by atoms with Crippen molar-refractivity contribution in [2.75, 3.05) is 7.05 Å². The van der Waals surface area contributed by atoms with Gasteiger partial charge in [-0.25, -0.2) is 10.4 Å². The third-order valence-electron chi connectivity index (χ3n) is 5.00. The van der Waals surface area contributed by atoms with E-state index in [1.165, 1.54) is 0 Å². The van der Waals surface area contributed by atoms with Crippen LogP contribution in [0.5, 0.6) is 0 Å². The summed E-state index contributed by atoms with van der Waals surface area (Å²) in [6.45, 7) is 0. The maximum absolute atomic E-state index is 8.32. The van der Waals surface area contributed by atoms with Gasteiger partial charge < -0.3 is 9.64 Å². The minimum absolute atomic E-state index is 0.123. The van der Waals surface area contributed by atoms with Crippen molar-refractivity contribution in [2.45, 2.75) is 6.04 Å². The van der Waals surface area contributed by atoms with E-state index in [1.807, 2.05) is 66.5 Å². The molecule has 0 bridgehead atoms. The van der Waals surface area contributed by atoms with E-state index in [-0.39, 0.29) is 11.9 Å². The number of aromatic nitrogens is 1. The number of hydrogen-bond donors (Lipinski definition) is 2. The van der Waals surface area contributed by atoms with Crippen LogP contribution in [0, 0.1) is 5.41 Å². The second-order valence-electron chi connectivity index (χ2n) is 6.81. The number of nitrogens with one attached hydrogen (secondary N) is 2. The van der Waals surface area contributed by atoms with Gasteiger partial charge in [0.1, 0.15) is 5.70 Å². The van der Waals surface area contributed by atoms with E-state index in [9.17, 15) is 0 Å². The molecule has 0 radical (unpaired) electrons. The van der Waals surface area contributed by atoms with Crippen molar-refractivity contribution in [3.63, 3.8) is 0 Å². The smallest absolute Gasteiger partial charge is 0.245 e. The van der Waals surface area contributed by atoms with Crippen LogP contribution in [0.2, 0.25) is 0 Å². The molecule has 0 aliphatic carbocycles. The molecule has 5 rings (SSSR count). The quantitative estimate of drug-likeness (QED) is 0.711. The summed E-state index contributed by atoms with van der Waals surface area (Å²) in [6.07, 6.45) is 3.56. The van der Waals surface area contributed by atoms with Crippen molar-refractivity contribution in [3.8, 4) is 0 Å². The van der Waals surface area contributed by atoms with Gasteiger partial charge in [-0.05, 0) is 35.9 Å². The Morgan fingerprint density at radius 3 is 2.79 bits per heavy atom. The Labute approximate surface area is 167 Å². The number of nitrogens with zero attached hydrogens (tertiary/aromatic N) is 4. The first-order valence-corrected chi connectivity index (χ1v) is 9.22. The van der Waals surface area contributed by atoms with Gasteiger partial charge >= 0.3 is 0 Å². The average Bonchev–Trinajstić information content (AvgIpc) is 3.24. The molecule has 7 heteroatoms. The van der Waals surface area contributed by atoms with Crippen LogP contribution in [-0.2, 0) is 4.74 Å². The zero-order valence-corrected chi connectivity index (χ0v) is 15.7. The highest BCUT2D eigenvalue weighted by molar-refractivity contribution is 6.04. The molecule has 0 spiro atoms. The SMILES string of the molecule is CN1C(=C2NN=C(c3ccccc3)O2)C(=N)N=CC1c1ccc2ncccc2c1. The van der Waals surface area contributed by atoms with Gasteiger partial charge in [-0.1, -0.05) is 30.3 Å². The highest BCUT2D eigenvalue weighted by Crippen LogP contribution is 2.30. The molecule has 0 saturated carbocycles. The number of fused-ring (bicyclic) bond motifs is 1. The highest BCUT2D eigenvalue weighted by Gasteiger charge is 2.31. The molecule has 2 aliphatic heterocycles. The van der Waals surface area contributed by atoms with E-state index >= 15 is 0 Å². The third-order valence-corrected chi connectivity index (χ3v) is 5.00. The van der Waals surface area contributed by atoms with Crippen molar-refractivity contribution < 1.29 is 4.74 Å². The van der Waals surface area contributed by atoms with Gasteiger partial charge in [0.2, 0.25) is 11.8 Å². The summed E-state index contributed by atoms with van der Waals surface area (Å²) in [5, 5.41) is 13.7. The van der Waals surface area contributed by atoms with E-state index in [2.05, 4.69) is 26.6 Å². The first-order chi connectivity index (χ1) is 14.2. The molecular weight excluding hydrogens is 364 g/mol. The summed E-state index contributed by atoms with van der Waals surface area (Å²) < 4.78 is 5.93. The molecule has 2 N–H and O–H groups in total. The van der Waals surface area contributed by atoms with Crippen LogP contribution in [0.3, 0.4) is 0 Å². The minimum atomic E-state index is -0.137. The number of aliphatic imine (C=N–C) groups is 1. The van der Waals surface area contributed by atoms with Gasteiger partial charge in [0, 0.05) is 30.4 Å². The number of amidine groups is 1. The summed E-state index contributed by atoms with van der Waals surface area (Å²) in [4.78, 5) is 10.7. The average molecular weight is 382 g/mol. The van der Waals surface area contributed by atoms with Gasteiger partial charge in [-0.15, -0.1) is 5.10 Å². The lowest BCUT2D eigenvalue weighted by atomic mass is 10.0. The summed E-state index contributed by atoms with van der Waals surface area (Å²) in [6, 6.07) is 19.6. The van der Waals surface area contributed by atoms with Crippen molar-refractivity contribution >= 4 is 28.9 Å². The minimum Gasteiger partial charge on any atom is -0.417 e. The van der Waals surface area contributed by atoms with Crippen LogP contribution < -0.4 is 5.43 Å². The second-order valence-corrected chi connectivity index (χ2v) is 6.81. The Morgan fingerprint density at radius 2 is 1.93 bits per heavy atom. The lowest BCUT2D eigenvalue weighted by molar-refractivity contribution is 0.339. The Hall–Kier alpha value is -4.00. The van der Waals surface area contributed by atoms with Crippen molar-refractivity contribution in [3.05, 3.63) is 89.6 Å². The van der Waals surface area contributed by atoms with Crippen LogP contribution in [0.4, 0.5) is 0 Å². The fourth-order valence-corrected chi connectivity index (χ4v) is 3.52. The normalized spacial score (nSPS) is 21.1. The molecular formula is C22H18N6O. The molecule has 3 heterocycles. The number of rotatable bonds is 2. The van der Waals surface area contributed by atoms with E-state index in [4.69, 9.17) is 10.1 Å². The Morgan fingerprint density at radius 1 is 1.07 bits per heavy atom. The topological polar surface area (TPSA) is 86.0 Å². The van der Waals surface area contributed by atoms with Crippen LogP contribution in [0.25, 0.3) is 10.9 Å². The summed E-state index contributed by atoms with van der Waals surface area (Å²) in [5.41, 5.74) is 6.34. The van der Waals surface area contributed by atoms with Crippen LogP contribution in [-0.4, -0.2) is 34.9 Å². The summed E-state index contributed by atoms with van der Waals surface area (Å²) in [5.74, 6) is 0.996. The van der Waals surface area contributed by atoms with E-state index in [0.29, 0.717) is 17.5 Å². The Kier molecular flexibility index (Phi) is 4.05. The molecule has 2 aromatic carbocycles. The van der Waals surface area contributed by atoms with E-state index < -0.39 is 0 Å². The molecule has 1 aromatic heterocycles. The number of likely N-dealkylation sites (N-methyl/N-ethyl adjacent to an activating group) is 1. The van der Waals surface area contributed by atoms with Crippen LogP contribution >= 0.6 is 0 Å². The predicted octanol–water partition coefficient (Wildman–Crippen LogP) is 3.42. The van der Waals surface area contributed by atoms with Crippen LogP contribution in [0.1, 0.15) is 17.2 Å². The number of hydrogen-bond acceptors (Lipinski definition) is 6. The van der Waals surface area contributed by atoms with Gasteiger partial charge in [0.25, 0.3) is 0 Å². The van der Waals surface area contributed by atoms with Crippen molar-refractivity contribution in [2.24, 2.45) is 10.1 Å². The first-order valence-electron chi connectivity index (χ1n) is 9.22. The lowest BCUT2D eigenvalue weighted by Gasteiger charge is -2.32. The fourth-order valence-electron chi connectivity index (χ4n) is 3.52. The Bertz CT molecular complexity index is 1200. The number of pyridine rings is 1. The summed E-state index contributed by atoms with van der Waals surface area (Å²) >= 11 is 0. The molecule has 3 aromatic rings. The second kappa shape index (κ2) is 6.87. The lowest BCUT2D eigenvalue weighted by Crippen LogP contribution is -2.35. The molecule has 2 aliphatic rings. The van der Waals surface area contributed by atoms with Crippen molar-refractivity contribution in [1.29, 1.82) is 5.41 Å². The Balaban J connectivity index is 1.48. The molecule has 29 heavy (non-hydrogen) atoms. The van der Waals surface area contributed by atoms with Gasteiger partial charge in [-0.2, -0.15) is 0 Å². The number of hydrazone groups is 1. The zero-order valence-electron chi connectivity index (χ0n) is 15.7. The van der Waals surface area contributed by atoms with Gasteiger partial charge in [-0.3, -0.25) is 10.4 Å². The predicted molar refractivity (Wildman–Crippen MR) is 113 cm³/mol. The molecule has 0 saturated heterocycles. The molecule has 1 unspecified atom stereocenters. The highest BCUT2D eigenvalue weighted by atomic mass is 16.5. The van der Waals surface area contributed by atoms with Gasteiger partial charge in [0.15, 0.2) is 5.84 Å². The maximum atomic E-state index is 8.32. The van der Waals surface area contributed by atoms with Crippen LogP contribution in [0.15, 0.2) is 88.5 Å². The number of ether oxygens (including phenoxy) is 1. The third kappa shape index (κ3) is 3.02. The standard InChI is InChI=1S/C22H18N6O/c1-28-18(16-9-10-17-15(12-16)8-5-11-24-17)13-25-20(23)19(28)22-27-26-21(29-22)14-6-3-2-4-7-14/h2-13,18,23,27H,1H3. The largest absolute Gasteiger partial charge is 0.417 e. The fraction of sp³-hybridized carbons (Fsp3) is 0.0909. The van der Waals surface area contributed by atoms with E-state index in [0.717, 1.165) is 22.0 Å². The summed E-state index contributed by atoms with van der Waals surface area (Å²) in [7, 11) is 1.92. The first kappa shape index (κ1) is 17.1. The molecule has 7 nitrogen and oxygen atoms in total. The van der Waals surface area contributed by atoms with Crippen molar-refractivity contribution in [1.82, 2.24) is 15.3 Å². The molecule has 0 fully saturated rings. The maximum Gasteiger partial charge on any atom is 0.245 e.